The maximum atomic E-state index is 13.3. The topological polar surface area (TPSA) is 98.1 Å². The highest BCUT2D eigenvalue weighted by Gasteiger charge is 2.40. The van der Waals surface area contributed by atoms with Crippen LogP contribution in [0.1, 0.15) is 39.8 Å². The second-order valence-corrected chi connectivity index (χ2v) is 9.73. The molecule has 0 aliphatic carbocycles. The van der Waals surface area contributed by atoms with Crippen molar-refractivity contribution in [1.82, 2.24) is 24.6 Å². The van der Waals surface area contributed by atoms with Gasteiger partial charge in [0.2, 0.25) is 5.43 Å². The minimum absolute atomic E-state index is 0.0791. The SMILES string of the molecule is CC(CN(C)C)CN1CCCN2C(=O)c3c(O)c(=O)c(C(=O)NCc4ccc(F)cc4)cn3CC12. The van der Waals surface area contributed by atoms with E-state index in [-0.39, 0.29) is 29.8 Å². The molecule has 9 nitrogen and oxygen atoms in total. The fourth-order valence-electron chi connectivity index (χ4n) is 5.06. The first kappa shape index (κ1) is 24.9. The number of aromatic nitrogens is 1. The second kappa shape index (κ2) is 10.2. The first-order chi connectivity index (χ1) is 16.7. The van der Waals surface area contributed by atoms with Crippen molar-refractivity contribution in [3.8, 4) is 5.75 Å². The summed E-state index contributed by atoms with van der Waals surface area (Å²) in [5.74, 6) is -1.78. The molecule has 35 heavy (non-hydrogen) atoms. The van der Waals surface area contributed by atoms with E-state index in [4.69, 9.17) is 0 Å². The molecule has 1 aromatic carbocycles. The number of carbonyl (C=O) groups excluding carboxylic acids is 2. The summed E-state index contributed by atoms with van der Waals surface area (Å²) in [5, 5.41) is 13.3. The molecular weight excluding hydrogens is 453 g/mol. The fraction of sp³-hybridized carbons (Fsp3) is 0.480. The highest BCUT2D eigenvalue weighted by molar-refractivity contribution is 5.99. The minimum atomic E-state index is -0.881. The minimum Gasteiger partial charge on any atom is -0.503 e. The third kappa shape index (κ3) is 5.23. The van der Waals surface area contributed by atoms with Gasteiger partial charge in [0, 0.05) is 38.9 Å². The molecule has 2 N–H and O–H groups in total. The van der Waals surface area contributed by atoms with Gasteiger partial charge in [-0.3, -0.25) is 19.3 Å². The van der Waals surface area contributed by atoms with Crippen LogP contribution in [-0.2, 0) is 13.1 Å². The fourth-order valence-corrected chi connectivity index (χ4v) is 5.06. The number of benzene rings is 1. The Bertz CT molecular complexity index is 1160. The summed E-state index contributed by atoms with van der Waals surface area (Å²) in [6.07, 6.45) is 1.96. The number of aromatic hydroxyl groups is 1. The van der Waals surface area contributed by atoms with Crippen LogP contribution < -0.4 is 10.7 Å². The molecule has 0 bridgehead atoms. The molecule has 2 aliphatic heterocycles. The summed E-state index contributed by atoms with van der Waals surface area (Å²) in [7, 11) is 4.06. The van der Waals surface area contributed by atoms with Crippen molar-refractivity contribution in [1.29, 1.82) is 0 Å². The Morgan fingerprint density at radius 3 is 2.63 bits per heavy atom. The van der Waals surface area contributed by atoms with Gasteiger partial charge in [0.1, 0.15) is 17.5 Å². The van der Waals surface area contributed by atoms with Gasteiger partial charge in [-0.05, 0) is 44.1 Å². The summed E-state index contributed by atoms with van der Waals surface area (Å²) >= 11 is 0. The van der Waals surface area contributed by atoms with Gasteiger partial charge in [-0.25, -0.2) is 4.39 Å². The van der Waals surface area contributed by atoms with E-state index in [2.05, 4.69) is 22.0 Å². The van der Waals surface area contributed by atoms with Gasteiger partial charge in [0.25, 0.3) is 11.8 Å². The number of pyridine rings is 1. The molecule has 1 saturated heterocycles. The molecule has 0 saturated carbocycles. The zero-order valence-corrected chi connectivity index (χ0v) is 20.3. The molecule has 2 atom stereocenters. The third-order valence-electron chi connectivity index (χ3n) is 6.54. The molecule has 2 unspecified atom stereocenters. The first-order valence-electron chi connectivity index (χ1n) is 11.8. The monoisotopic (exact) mass is 485 g/mol. The van der Waals surface area contributed by atoms with Crippen LogP contribution in [0.5, 0.6) is 5.75 Å². The number of nitrogens with one attached hydrogen (secondary N) is 1. The molecule has 1 fully saturated rings. The summed E-state index contributed by atoms with van der Waals surface area (Å²) in [5.41, 5.74) is -0.534. The van der Waals surface area contributed by atoms with Crippen LogP contribution in [0.2, 0.25) is 0 Å². The quantitative estimate of drug-likeness (QED) is 0.614. The second-order valence-electron chi connectivity index (χ2n) is 9.73. The number of nitrogens with zero attached hydrogens (tertiary/aromatic N) is 4. The van der Waals surface area contributed by atoms with E-state index in [0.717, 1.165) is 26.1 Å². The molecule has 2 aromatic rings. The molecule has 2 aliphatic rings. The van der Waals surface area contributed by atoms with Crippen molar-refractivity contribution in [2.45, 2.75) is 32.6 Å². The van der Waals surface area contributed by atoms with Crippen molar-refractivity contribution >= 4 is 11.8 Å². The van der Waals surface area contributed by atoms with Crippen molar-refractivity contribution < 1.29 is 19.1 Å². The number of fused-ring (bicyclic) bond motifs is 2. The molecule has 2 amide bonds. The molecule has 0 radical (unpaired) electrons. The summed E-state index contributed by atoms with van der Waals surface area (Å²) in [6, 6.07) is 5.64. The third-order valence-corrected chi connectivity index (χ3v) is 6.54. The lowest BCUT2D eigenvalue weighted by atomic mass is 10.0. The Kier molecular flexibility index (Phi) is 7.23. The Morgan fingerprint density at radius 1 is 1.23 bits per heavy atom. The van der Waals surface area contributed by atoms with Crippen LogP contribution >= 0.6 is 0 Å². The number of amides is 2. The number of carbonyl (C=O) groups is 2. The van der Waals surface area contributed by atoms with E-state index in [1.165, 1.54) is 35.0 Å². The average Bonchev–Trinajstić information content (AvgIpc) is 2.80. The van der Waals surface area contributed by atoms with Gasteiger partial charge in [0.15, 0.2) is 11.4 Å². The maximum absolute atomic E-state index is 13.3. The molecule has 188 valence electrons. The van der Waals surface area contributed by atoms with Gasteiger partial charge >= 0.3 is 0 Å². The van der Waals surface area contributed by atoms with Crippen LogP contribution in [0.15, 0.2) is 35.3 Å². The predicted molar refractivity (Wildman–Crippen MR) is 129 cm³/mol. The molecule has 1 aromatic heterocycles. The molecule has 4 rings (SSSR count). The predicted octanol–water partition coefficient (Wildman–Crippen LogP) is 1.31. The standard InChI is InChI=1S/C25H32FN5O4/c1-16(12-28(2)3)13-29-9-4-10-31-20(29)15-30-14-19(22(32)23(33)21(30)25(31)35)24(34)27-11-17-5-7-18(26)8-6-17/h5-8,14,16,20,33H,4,9-13,15H2,1-3H3,(H,27,34). The van der Waals surface area contributed by atoms with Crippen molar-refractivity contribution in [2.24, 2.45) is 5.92 Å². The Hall–Kier alpha value is -3.24. The molecular formula is C25H32FN5O4. The summed E-state index contributed by atoms with van der Waals surface area (Å²) in [4.78, 5) is 45.0. The lowest BCUT2D eigenvalue weighted by Crippen LogP contribution is -2.61. The van der Waals surface area contributed by atoms with Gasteiger partial charge in [0.05, 0.1) is 6.54 Å². The van der Waals surface area contributed by atoms with E-state index in [1.807, 2.05) is 14.1 Å². The Balaban J connectivity index is 1.58. The van der Waals surface area contributed by atoms with Crippen LogP contribution in [0.3, 0.4) is 0 Å². The normalized spacial score (nSPS) is 18.8. The summed E-state index contributed by atoms with van der Waals surface area (Å²) in [6.45, 7) is 5.73. The number of halogens is 1. The van der Waals surface area contributed by atoms with E-state index >= 15 is 0 Å². The van der Waals surface area contributed by atoms with Crippen LogP contribution in [0, 0.1) is 11.7 Å². The largest absolute Gasteiger partial charge is 0.503 e. The van der Waals surface area contributed by atoms with E-state index < -0.39 is 23.0 Å². The van der Waals surface area contributed by atoms with Gasteiger partial charge in [-0.15, -0.1) is 0 Å². The van der Waals surface area contributed by atoms with Gasteiger partial charge < -0.3 is 24.8 Å². The lowest BCUT2D eigenvalue weighted by Gasteiger charge is -2.48. The number of hydrogen-bond donors (Lipinski definition) is 2. The Morgan fingerprint density at radius 2 is 1.94 bits per heavy atom. The number of rotatable bonds is 7. The van der Waals surface area contributed by atoms with E-state index in [0.29, 0.717) is 24.6 Å². The molecule has 10 heteroatoms. The van der Waals surface area contributed by atoms with Gasteiger partial charge in [-0.1, -0.05) is 19.1 Å². The van der Waals surface area contributed by atoms with Crippen LogP contribution in [0.4, 0.5) is 4.39 Å². The summed E-state index contributed by atoms with van der Waals surface area (Å²) < 4.78 is 14.6. The van der Waals surface area contributed by atoms with Crippen molar-refractivity contribution in [2.75, 3.05) is 40.3 Å². The molecule has 3 heterocycles. The average molecular weight is 486 g/mol. The highest BCUT2D eigenvalue weighted by Crippen LogP contribution is 2.28. The highest BCUT2D eigenvalue weighted by atomic mass is 19.1. The zero-order chi connectivity index (χ0) is 25.3. The van der Waals surface area contributed by atoms with Crippen LogP contribution in [-0.4, -0.2) is 82.6 Å². The van der Waals surface area contributed by atoms with E-state index in [9.17, 15) is 23.9 Å². The maximum Gasteiger partial charge on any atom is 0.275 e. The Labute approximate surface area is 203 Å². The lowest BCUT2D eigenvalue weighted by molar-refractivity contribution is -0.0167. The smallest absolute Gasteiger partial charge is 0.275 e. The van der Waals surface area contributed by atoms with E-state index in [1.54, 1.807) is 4.90 Å². The van der Waals surface area contributed by atoms with Crippen LogP contribution in [0.25, 0.3) is 0 Å². The van der Waals surface area contributed by atoms with Crippen molar-refractivity contribution in [3.05, 3.63) is 63.3 Å². The first-order valence-corrected chi connectivity index (χ1v) is 11.8. The molecule has 0 spiro atoms. The zero-order valence-electron chi connectivity index (χ0n) is 20.3. The number of hydrogen-bond acceptors (Lipinski definition) is 6. The van der Waals surface area contributed by atoms with Crippen molar-refractivity contribution in [3.63, 3.8) is 0 Å². The van der Waals surface area contributed by atoms with Gasteiger partial charge in [-0.2, -0.15) is 0 Å².